The van der Waals surface area contributed by atoms with Gasteiger partial charge >= 0.3 is 0 Å². The Balaban J connectivity index is 2.07. The molecule has 0 saturated heterocycles. The highest BCUT2D eigenvalue weighted by Crippen LogP contribution is 2.20. The van der Waals surface area contributed by atoms with Crippen LogP contribution >= 0.6 is 23.4 Å². The Morgan fingerprint density at radius 3 is 2.27 bits per heavy atom. The molecule has 2 aromatic rings. The number of hydrogen-bond acceptors (Lipinski definition) is 4. The van der Waals surface area contributed by atoms with E-state index in [9.17, 15) is 9.59 Å². The van der Waals surface area contributed by atoms with Crippen LogP contribution < -0.4 is 10.1 Å². The van der Waals surface area contributed by atoms with E-state index in [4.69, 9.17) is 16.3 Å². The maximum Gasteiger partial charge on any atom is 0.242 e. The Morgan fingerprint density at radius 2 is 1.70 bits per heavy atom. The van der Waals surface area contributed by atoms with E-state index >= 15 is 0 Å². The van der Waals surface area contributed by atoms with Crippen molar-refractivity contribution >= 4 is 35.2 Å². The molecule has 2 amide bonds. The van der Waals surface area contributed by atoms with Crippen molar-refractivity contribution in [3.8, 4) is 5.75 Å². The summed E-state index contributed by atoms with van der Waals surface area (Å²) in [4.78, 5) is 27.3. The summed E-state index contributed by atoms with van der Waals surface area (Å²) in [5, 5.41) is 3.49. The minimum Gasteiger partial charge on any atom is -0.497 e. The van der Waals surface area contributed by atoms with Crippen LogP contribution in [-0.4, -0.2) is 42.2 Å². The number of carbonyl (C=O) groups excluding carboxylic acids is 2. The molecule has 0 fully saturated rings. The number of nitrogens with zero attached hydrogens (tertiary/aromatic N) is 1. The number of ether oxygens (including phenoxy) is 1. The second-order valence-electron chi connectivity index (χ2n) is 6.81. The van der Waals surface area contributed by atoms with E-state index in [0.717, 1.165) is 16.9 Å². The van der Waals surface area contributed by atoms with Gasteiger partial charge in [-0.05, 0) is 48.7 Å². The molecule has 1 atom stereocenters. The van der Waals surface area contributed by atoms with Gasteiger partial charge in [0.1, 0.15) is 11.8 Å². The molecule has 0 heterocycles. The lowest BCUT2D eigenvalue weighted by atomic mass is 10.1. The Morgan fingerprint density at radius 1 is 1.07 bits per heavy atom. The number of carbonyl (C=O) groups is 2. The normalized spacial score (nSPS) is 11.6. The largest absolute Gasteiger partial charge is 0.497 e. The molecule has 0 aliphatic heterocycles. The molecular weight excluding hydrogens is 420 g/mol. The third-order valence-corrected chi connectivity index (χ3v) is 5.90. The third-order valence-electron chi connectivity index (χ3n) is 4.66. The lowest BCUT2D eigenvalue weighted by molar-refractivity contribution is -0.139. The molecule has 7 heteroatoms. The van der Waals surface area contributed by atoms with Crippen molar-refractivity contribution in [3.63, 3.8) is 0 Å². The molecule has 0 aliphatic rings. The van der Waals surface area contributed by atoms with Crippen LogP contribution in [0.2, 0.25) is 5.02 Å². The maximum atomic E-state index is 13.1. The van der Waals surface area contributed by atoms with Gasteiger partial charge < -0.3 is 15.0 Å². The van der Waals surface area contributed by atoms with Crippen molar-refractivity contribution < 1.29 is 14.3 Å². The van der Waals surface area contributed by atoms with E-state index in [1.165, 1.54) is 11.8 Å². The molecule has 0 saturated carbocycles. The van der Waals surface area contributed by atoms with Crippen LogP contribution in [0.5, 0.6) is 5.75 Å². The van der Waals surface area contributed by atoms with Crippen LogP contribution in [0.1, 0.15) is 31.4 Å². The van der Waals surface area contributed by atoms with Crippen LogP contribution in [0.4, 0.5) is 0 Å². The van der Waals surface area contributed by atoms with Gasteiger partial charge in [-0.25, -0.2) is 0 Å². The van der Waals surface area contributed by atoms with E-state index < -0.39 is 6.04 Å². The lowest BCUT2D eigenvalue weighted by Crippen LogP contribution is -2.49. The third kappa shape index (κ3) is 7.26. The van der Waals surface area contributed by atoms with Crippen molar-refractivity contribution in [2.45, 2.75) is 38.6 Å². The average molecular weight is 449 g/mol. The quantitative estimate of drug-likeness (QED) is 0.548. The summed E-state index contributed by atoms with van der Waals surface area (Å²) in [5.74, 6) is 1.64. The molecule has 162 valence electrons. The molecule has 0 unspecified atom stereocenters. The molecule has 5 nitrogen and oxygen atoms in total. The summed E-state index contributed by atoms with van der Waals surface area (Å²) in [6, 6.07) is 14.7. The van der Waals surface area contributed by atoms with Crippen LogP contribution in [0, 0.1) is 0 Å². The average Bonchev–Trinajstić information content (AvgIpc) is 2.75. The Labute approximate surface area is 188 Å². The van der Waals surface area contributed by atoms with Crippen LogP contribution in [0.15, 0.2) is 48.5 Å². The van der Waals surface area contributed by atoms with Crippen LogP contribution in [0.3, 0.4) is 0 Å². The predicted octanol–water partition coefficient (Wildman–Crippen LogP) is 4.53. The van der Waals surface area contributed by atoms with Gasteiger partial charge in [0.05, 0.1) is 12.9 Å². The minimum absolute atomic E-state index is 0.0541. The fourth-order valence-corrected chi connectivity index (χ4v) is 4.06. The van der Waals surface area contributed by atoms with Gasteiger partial charge in [0.2, 0.25) is 11.8 Å². The van der Waals surface area contributed by atoms with Crippen molar-refractivity contribution in [1.82, 2.24) is 10.2 Å². The van der Waals surface area contributed by atoms with Crippen molar-refractivity contribution in [2.24, 2.45) is 0 Å². The predicted molar refractivity (Wildman–Crippen MR) is 124 cm³/mol. The fourth-order valence-electron chi connectivity index (χ4n) is 3.06. The van der Waals surface area contributed by atoms with Gasteiger partial charge in [0.25, 0.3) is 0 Å². The highest BCUT2D eigenvalue weighted by atomic mass is 35.5. The second-order valence-corrected chi connectivity index (χ2v) is 8.23. The summed E-state index contributed by atoms with van der Waals surface area (Å²) < 4.78 is 5.17. The number of hydrogen-bond donors (Lipinski definition) is 1. The van der Waals surface area contributed by atoms with Gasteiger partial charge in [0.15, 0.2) is 0 Å². The number of thioether (sulfide) groups is 1. The van der Waals surface area contributed by atoms with E-state index in [1.54, 1.807) is 24.1 Å². The fraction of sp³-hybridized carbons (Fsp3) is 0.391. The van der Waals surface area contributed by atoms with Crippen molar-refractivity contribution in [3.05, 3.63) is 64.7 Å². The second kappa shape index (κ2) is 12.5. The zero-order chi connectivity index (χ0) is 21.9. The summed E-state index contributed by atoms with van der Waals surface area (Å²) in [6.07, 6.45) is 0.550. The smallest absolute Gasteiger partial charge is 0.242 e. The first-order chi connectivity index (χ1) is 14.5. The molecule has 2 rings (SSSR count). The minimum atomic E-state index is -0.505. The maximum absolute atomic E-state index is 13.1. The van der Waals surface area contributed by atoms with Crippen LogP contribution in [-0.2, 0) is 21.9 Å². The number of halogens is 1. The number of rotatable bonds is 11. The lowest BCUT2D eigenvalue weighted by Gasteiger charge is -2.30. The standard InChI is InChI=1S/C23H29ClN2O3S/c1-4-21(23(28)25-5-2)26(14-17-6-10-19(24)11-7-17)22(27)16-30-15-18-8-12-20(29-3)13-9-18/h6-13,21H,4-5,14-16H2,1-3H3,(H,25,28)/t21-/m0/s1. The first-order valence-electron chi connectivity index (χ1n) is 10.0. The summed E-state index contributed by atoms with van der Waals surface area (Å²) in [7, 11) is 1.64. The first kappa shape index (κ1) is 24.1. The molecule has 0 aromatic heterocycles. The summed E-state index contributed by atoms with van der Waals surface area (Å²) in [5.41, 5.74) is 2.06. The van der Waals surface area contributed by atoms with Crippen molar-refractivity contribution in [1.29, 1.82) is 0 Å². The zero-order valence-corrected chi connectivity index (χ0v) is 19.3. The number of nitrogens with one attached hydrogen (secondary N) is 1. The molecule has 0 spiro atoms. The number of amides is 2. The monoisotopic (exact) mass is 448 g/mol. The molecule has 0 bridgehead atoms. The summed E-state index contributed by atoms with van der Waals surface area (Å²) >= 11 is 7.52. The Hall–Kier alpha value is -2.18. The number of methoxy groups -OCH3 is 1. The van der Waals surface area contributed by atoms with Crippen LogP contribution in [0.25, 0.3) is 0 Å². The topological polar surface area (TPSA) is 58.6 Å². The highest BCUT2D eigenvalue weighted by molar-refractivity contribution is 7.99. The number of benzene rings is 2. The molecular formula is C23H29ClN2O3S. The van der Waals surface area contributed by atoms with Gasteiger partial charge in [-0.1, -0.05) is 42.8 Å². The van der Waals surface area contributed by atoms with E-state index in [2.05, 4.69) is 5.32 Å². The highest BCUT2D eigenvalue weighted by Gasteiger charge is 2.28. The molecule has 2 aromatic carbocycles. The summed E-state index contributed by atoms with van der Waals surface area (Å²) in [6.45, 7) is 4.70. The Kier molecular flexibility index (Phi) is 10.0. The SMILES string of the molecule is CCNC(=O)[C@H](CC)N(Cc1ccc(Cl)cc1)C(=O)CSCc1ccc(OC)cc1. The van der Waals surface area contributed by atoms with E-state index in [0.29, 0.717) is 36.0 Å². The van der Waals surface area contributed by atoms with E-state index in [1.807, 2.05) is 50.2 Å². The van der Waals surface area contributed by atoms with Gasteiger partial charge in [0, 0.05) is 23.9 Å². The Bertz CT molecular complexity index is 812. The first-order valence-corrected chi connectivity index (χ1v) is 11.5. The van der Waals surface area contributed by atoms with E-state index in [-0.39, 0.29) is 11.8 Å². The van der Waals surface area contributed by atoms with Gasteiger partial charge in [-0.3, -0.25) is 9.59 Å². The zero-order valence-electron chi connectivity index (χ0n) is 17.7. The van der Waals surface area contributed by atoms with Gasteiger partial charge in [-0.2, -0.15) is 0 Å². The molecule has 1 N–H and O–H groups in total. The van der Waals surface area contributed by atoms with Gasteiger partial charge in [-0.15, -0.1) is 11.8 Å². The molecule has 0 radical (unpaired) electrons. The molecule has 30 heavy (non-hydrogen) atoms. The van der Waals surface area contributed by atoms with Crippen molar-refractivity contribution in [2.75, 3.05) is 19.4 Å². The number of likely N-dealkylation sites (N-methyl/N-ethyl adjacent to an activating group) is 1. The molecule has 0 aliphatic carbocycles.